The minimum Gasteiger partial charge on any atom is -0.468 e. The fraction of sp³-hybridized carbons (Fsp3) is 0.714. The Labute approximate surface area is 92.4 Å². The summed E-state index contributed by atoms with van der Waals surface area (Å²) in [6.07, 6.45) is 0. The van der Waals surface area contributed by atoms with Crippen LogP contribution < -0.4 is 10.0 Å². The van der Waals surface area contributed by atoms with Gasteiger partial charge in [-0.2, -0.15) is 11.8 Å². The summed E-state index contributed by atoms with van der Waals surface area (Å²) in [5.74, 6) is 2.94. The lowest BCUT2D eigenvalue weighted by Crippen LogP contribution is -2.36. The number of urea groups is 1. The molecule has 0 aromatic heterocycles. The molecule has 82 valence electrons. The first kappa shape index (κ1) is 13.4. The Morgan fingerprint density at radius 3 is 2.79 bits per heavy atom. The van der Waals surface area contributed by atoms with Crippen molar-refractivity contribution < 1.29 is 9.53 Å². The molecule has 0 atom stereocenters. The Morgan fingerprint density at radius 1 is 1.50 bits per heavy atom. The molecule has 0 spiro atoms. The van der Waals surface area contributed by atoms with Crippen molar-refractivity contribution in [2.75, 3.05) is 24.4 Å². The fourth-order valence-corrected chi connectivity index (χ4v) is 1.92. The van der Waals surface area contributed by atoms with Gasteiger partial charge in [-0.15, -0.1) is 0 Å². The molecule has 0 aromatic rings. The molecule has 0 aromatic carbocycles. The first-order valence-corrected chi connectivity index (χ1v) is 6.23. The van der Waals surface area contributed by atoms with Gasteiger partial charge in [0.25, 0.3) is 6.02 Å². The van der Waals surface area contributed by atoms with E-state index >= 15 is 0 Å². The summed E-state index contributed by atoms with van der Waals surface area (Å²) in [6.45, 7) is 2.09. The number of methoxy groups -OCH3 is 1. The molecule has 0 saturated carbocycles. The molecule has 7 heteroatoms. The van der Waals surface area contributed by atoms with Crippen molar-refractivity contribution in [2.45, 2.75) is 6.92 Å². The van der Waals surface area contributed by atoms with Crippen molar-refractivity contribution in [1.82, 2.24) is 10.0 Å². The Bertz CT molecular complexity index is 190. The number of thioether (sulfide) groups is 1. The Hall–Kier alpha value is -0.560. The topological polar surface area (TPSA) is 74.2 Å². The van der Waals surface area contributed by atoms with E-state index in [2.05, 4.69) is 21.7 Å². The number of hydrogen-bond acceptors (Lipinski definition) is 5. The van der Waals surface area contributed by atoms with E-state index in [1.165, 1.54) is 19.1 Å². The van der Waals surface area contributed by atoms with E-state index in [1.807, 2.05) is 11.8 Å². The summed E-state index contributed by atoms with van der Waals surface area (Å²) >= 11 is 3.14. The zero-order valence-electron chi connectivity index (χ0n) is 8.25. The van der Waals surface area contributed by atoms with E-state index < -0.39 is 6.03 Å². The molecule has 0 bridgehead atoms. The van der Waals surface area contributed by atoms with E-state index in [0.717, 1.165) is 17.3 Å². The van der Waals surface area contributed by atoms with Crippen molar-refractivity contribution in [1.29, 1.82) is 5.41 Å². The molecule has 0 aliphatic heterocycles. The Morgan fingerprint density at radius 2 is 2.21 bits per heavy atom. The maximum atomic E-state index is 11.0. The number of amides is 2. The van der Waals surface area contributed by atoms with Crippen LogP contribution in [0.1, 0.15) is 6.92 Å². The van der Waals surface area contributed by atoms with Gasteiger partial charge in [-0.3, -0.25) is 15.4 Å². The second-order valence-electron chi connectivity index (χ2n) is 2.13. The third-order valence-electron chi connectivity index (χ3n) is 1.13. The van der Waals surface area contributed by atoms with Gasteiger partial charge in [-0.1, -0.05) is 6.92 Å². The highest BCUT2D eigenvalue weighted by atomic mass is 32.2. The summed E-state index contributed by atoms with van der Waals surface area (Å²) < 4.78 is 7.00. The van der Waals surface area contributed by atoms with Crippen LogP contribution in [0.15, 0.2) is 0 Å². The number of ether oxygens (including phenoxy) is 1. The fourth-order valence-electron chi connectivity index (χ4n) is 0.541. The van der Waals surface area contributed by atoms with Gasteiger partial charge in [-0.25, -0.2) is 4.79 Å². The highest BCUT2D eigenvalue weighted by Gasteiger charge is 2.02. The van der Waals surface area contributed by atoms with Gasteiger partial charge >= 0.3 is 6.03 Å². The van der Waals surface area contributed by atoms with Crippen molar-refractivity contribution >= 4 is 35.8 Å². The molecule has 0 heterocycles. The first-order chi connectivity index (χ1) is 6.70. The monoisotopic (exact) mass is 237 g/mol. The third-order valence-corrected chi connectivity index (χ3v) is 3.03. The van der Waals surface area contributed by atoms with Crippen molar-refractivity contribution in [3.8, 4) is 0 Å². The number of rotatable bonds is 5. The number of carbonyl (C=O) groups excluding carboxylic acids is 1. The molecular weight excluding hydrogens is 222 g/mol. The maximum absolute atomic E-state index is 11.0. The molecule has 0 aliphatic rings. The van der Waals surface area contributed by atoms with Gasteiger partial charge in [0.15, 0.2) is 0 Å². The van der Waals surface area contributed by atoms with E-state index in [9.17, 15) is 4.79 Å². The largest absolute Gasteiger partial charge is 0.468 e. The summed E-state index contributed by atoms with van der Waals surface area (Å²) in [4.78, 5) is 11.0. The van der Waals surface area contributed by atoms with Crippen LogP contribution in [0.3, 0.4) is 0 Å². The van der Waals surface area contributed by atoms with Crippen LogP contribution in [0.4, 0.5) is 4.79 Å². The Kier molecular flexibility index (Phi) is 8.65. The summed E-state index contributed by atoms with van der Waals surface area (Å²) in [5, 5.41) is 9.21. The molecule has 14 heavy (non-hydrogen) atoms. The molecular formula is C7H15N3O2S2. The average molecular weight is 237 g/mol. The lowest BCUT2D eigenvalue weighted by molar-refractivity contribution is 0.247. The Balaban J connectivity index is 3.31. The molecule has 0 rings (SSSR count). The van der Waals surface area contributed by atoms with Crippen LogP contribution >= 0.6 is 23.7 Å². The molecule has 5 nitrogen and oxygen atoms in total. The van der Waals surface area contributed by atoms with E-state index in [0.29, 0.717) is 0 Å². The third kappa shape index (κ3) is 8.06. The van der Waals surface area contributed by atoms with Gasteiger partial charge in [0.2, 0.25) is 0 Å². The zero-order chi connectivity index (χ0) is 10.8. The quantitative estimate of drug-likeness (QED) is 0.291. The molecule has 0 saturated heterocycles. The van der Waals surface area contributed by atoms with Crippen LogP contribution in [-0.2, 0) is 4.74 Å². The molecule has 0 radical (unpaired) electrons. The van der Waals surface area contributed by atoms with Gasteiger partial charge in [0.1, 0.15) is 0 Å². The van der Waals surface area contributed by atoms with Crippen molar-refractivity contribution in [3.63, 3.8) is 0 Å². The lowest BCUT2D eigenvalue weighted by Gasteiger charge is -2.05. The van der Waals surface area contributed by atoms with Gasteiger partial charge in [0.05, 0.1) is 7.11 Å². The number of nitrogens with one attached hydrogen (secondary N) is 3. The molecule has 2 amide bonds. The van der Waals surface area contributed by atoms with Crippen molar-refractivity contribution in [3.05, 3.63) is 0 Å². The first-order valence-electron chi connectivity index (χ1n) is 4.09. The minimum atomic E-state index is -0.427. The smallest absolute Gasteiger partial charge is 0.332 e. The van der Waals surface area contributed by atoms with Gasteiger partial charge in [0, 0.05) is 11.5 Å². The highest BCUT2D eigenvalue weighted by molar-refractivity contribution is 8.02. The van der Waals surface area contributed by atoms with Crippen LogP contribution in [0.2, 0.25) is 0 Å². The van der Waals surface area contributed by atoms with Gasteiger partial charge in [-0.05, 0) is 17.7 Å². The maximum Gasteiger partial charge on any atom is 0.332 e. The van der Waals surface area contributed by atoms with E-state index in [4.69, 9.17) is 5.41 Å². The number of carbonyl (C=O) groups is 1. The number of hydrogen-bond donors (Lipinski definition) is 3. The van der Waals surface area contributed by atoms with E-state index in [-0.39, 0.29) is 6.02 Å². The van der Waals surface area contributed by atoms with Gasteiger partial charge < -0.3 is 4.74 Å². The number of amidine groups is 1. The van der Waals surface area contributed by atoms with Crippen molar-refractivity contribution in [2.24, 2.45) is 0 Å². The summed E-state index contributed by atoms with van der Waals surface area (Å²) in [6, 6.07) is -0.686. The highest BCUT2D eigenvalue weighted by Crippen LogP contribution is 2.02. The molecule has 0 fully saturated rings. The molecule has 0 unspecified atom stereocenters. The molecule has 3 N–H and O–H groups in total. The summed E-state index contributed by atoms with van der Waals surface area (Å²) in [7, 11) is 1.33. The van der Waals surface area contributed by atoms with Crippen LogP contribution in [-0.4, -0.2) is 36.4 Å². The predicted octanol–water partition coefficient (Wildman–Crippen LogP) is 1.27. The SMILES string of the molecule is CCSCCSNC(=O)NC(=N)OC. The lowest BCUT2D eigenvalue weighted by atomic mass is 10.9. The van der Waals surface area contributed by atoms with Crippen LogP contribution in [0.25, 0.3) is 0 Å². The van der Waals surface area contributed by atoms with Crippen LogP contribution in [0.5, 0.6) is 0 Å². The zero-order valence-corrected chi connectivity index (χ0v) is 9.89. The minimum absolute atomic E-state index is 0.258. The second-order valence-corrected chi connectivity index (χ2v) is 4.43. The molecule has 0 aliphatic carbocycles. The standard InChI is InChI=1S/C7H15N3O2S2/c1-3-13-4-5-14-10-7(11)9-6(8)12-2/h3-5H2,1-2H3,(H3,8,9,10,11). The predicted molar refractivity (Wildman–Crippen MR) is 61.9 cm³/mol. The normalized spacial score (nSPS) is 9.29. The van der Waals surface area contributed by atoms with Crippen LogP contribution in [0, 0.1) is 5.41 Å². The second kappa shape index (κ2) is 9.01. The average Bonchev–Trinajstić information content (AvgIpc) is 2.17. The van der Waals surface area contributed by atoms with E-state index in [1.54, 1.807) is 0 Å². The summed E-state index contributed by atoms with van der Waals surface area (Å²) in [5.41, 5.74) is 0.